The quantitative estimate of drug-likeness (QED) is 0.205. The van der Waals surface area contributed by atoms with Crippen LogP contribution in [0.15, 0.2) is 0 Å². The summed E-state index contributed by atoms with van der Waals surface area (Å²) >= 11 is 3.94. The monoisotopic (exact) mass is 460 g/mol. The number of carboxylic acid groups (broad SMARTS) is 2. The lowest BCUT2D eigenvalue weighted by Gasteiger charge is -2.30. The number of nitrogens with one attached hydrogen (secondary N) is 2. The molecule has 3 amide bonds. The molecule has 4 atom stereocenters. The Bertz CT molecular complexity index is 688. The number of nitrogens with zero attached hydrogens (tertiary/aromatic N) is 1. The fraction of sp³-hybridized carbons (Fsp3) is 0.737. The topological polar surface area (TPSA) is 179 Å². The molecular formula is C19H32N4O7S. The fourth-order valence-corrected chi connectivity index (χ4v) is 3.52. The van der Waals surface area contributed by atoms with Crippen molar-refractivity contribution in [1.29, 1.82) is 0 Å². The van der Waals surface area contributed by atoms with Gasteiger partial charge in [-0.1, -0.05) is 13.8 Å². The van der Waals surface area contributed by atoms with Gasteiger partial charge in [0.1, 0.15) is 18.1 Å². The minimum Gasteiger partial charge on any atom is -0.481 e. The average Bonchev–Trinajstić information content (AvgIpc) is 3.18. The van der Waals surface area contributed by atoms with E-state index in [1.165, 1.54) is 4.90 Å². The Morgan fingerprint density at radius 2 is 1.77 bits per heavy atom. The SMILES string of the molecule is CC(C)CC(NC(=O)C1CCCN1C(=O)C(CCC(=O)O)NC(=O)C(N)CS)C(=O)O. The Kier molecular flexibility index (Phi) is 10.8. The molecule has 0 spiro atoms. The number of amides is 3. The van der Waals surface area contributed by atoms with Crippen molar-refractivity contribution in [3.8, 4) is 0 Å². The van der Waals surface area contributed by atoms with Gasteiger partial charge < -0.3 is 31.5 Å². The van der Waals surface area contributed by atoms with Gasteiger partial charge in [-0.3, -0.25) is 19.2 Å². The summed E-state index contributed by atoms with van der Waals surface area (Å²) in [5, 5.41) is 23.3. The van der Waals surface area contributed by atoms with E-state index in [1.807, 2.05) is 13.8 Å². The molecule has 1 rings (SSSR count). The Morgan fingerprint density at radius 3 is 2.29 bits per heavy atom. The third-order valence-electron chi connectivity index (χ3n) is 4.96. The number of carbonyl (C=O) groups is 5. The number of hydrogen-bond donors (Lipinski definition) is 6. The zero-order chi connectivity index (χ0) is 23.7. The van der Waals surface area contributed by atoms with Gasteiger partial charge in [0.15, 0.2) is 0 Å². The van der Waals surface area contributed by atoms with Crippen molar-refractivity contribution >= 4 is 42.3 Å². The Morgan fingerprint density at radius 1 is 1.13 bits per heavy atom. The zero-order valence-corrected chi connectivity index (χ0v) is 18.6. The van der Waals surface area contributed by atoms with E-state index in [0.29, 0.717) is 12.8 Å². The number of aliphatic carboxylic acids is 2. The zero-order valence-electron chi connectivity index (χ0n) is 17.7. The second-order valence-electron chi connectivity index (χ2n) is 8.00. The summed E-state index contributed by atoms with van der Waals surface area (Å²) in [5.41, 5.74) is 5.62. The van der Waals surface area contributed by atoms with E-state index in [0.717, 1.165) is 0 Å². The van der Waals surface area contributed by atoms with Crippen LogP contribution in [-0.4, -0.2) is 81.2 Å². The first kappa shape index (κ1) is 26.7. The van der Waals surface area contributed by atoms with E-state index in [2.05, 4.69) is 23.3 Å². The highest BCUT2D eigenvalue weighted by molar-refractivity contribution is 7.80. The molecule has 31 heavy (non-hydrogen) atoms. The molecule has 11 nitrogen and oxygen atoms in total. The standard InChI is InChI=1S/C19H32N4O7S/c1-10(2)8-13(19(29)30)22-17(27)14-4-3-7-23(14)18(28)12(5-6-15(24)25)21-16(26)11(20)9-31/h10-14,31H,3-9,20H2,1-2H3,(H,21,26)(H,22,27)(H,24,25)(H,29,30). The highest BCUT2D eigenvalue weighted by Crippen LogP contribution is 2.20. The first-order chi connectivity index (χ1) is 14.5. The highest BCUT2D eigenvalue weighted by Gasteiger charge is 2.39. The van der Waals surface area contributed by atoms with Gasteiger partial charge in [0.05, 0.1) is 6.04 Å². The molecule has 1 saturated heterocycles. The number of carbonyl (C=O) groups excluding carboxylic acids is 3. The number of thiol groups is 1. The molecule has 0 radical (unpaired) electrons. The maximum atomic E-state index is 13.1. The van der Waals surface area contributed by atoms with Gasteiger partial charge in [0, 0.05) is 18.7 Å². The van der Waals surface area contributed by atoms with E-state index in [-0.39, 0.29) is 37.5 Å². The van der Waals surface area contributed by atoms with Gasteiger partial charge in [0.2, 0.25) is 17.7 Å². The van der Waals surface area contributed by atoms with Crippen LogP contribution in [0.4, 0.5) is 0 Å². The van der Waals surface area contributed by atoms with Crippen molar-refractivity contribution in [2.24, 2.45) is 11.7 Å². The van der Waals surface area contributed by atoms with Crippen LogP contribution in [0.5, 0.6) is 0 Å². The average molecular weight is 461 g/mol. The van der Waals surface area contributed by atoms with Crippen molar-refractivity contribution in [2.75, 3.05) is 12.3 Å². The lowest BCUT2D eigenvalue weighted by atomic mass is 10.0. The first-order valence-electron chi connectivity index (χ1n) is 10.2. The Labute approximate surface area is 186 Å². The predicted molar refractivity (Wildman–Crippen MR) is 114 cm³/mol. The highest BCUT2D eigenvalue weighted by atomic mass is 32.1. The summed E-state index contributed by atoms with van der Waals surface area (Å²) < 4.78 is 0. The van der Waals surface area contributed by atoms with Gasteiger partial charge in [0.25, 0.3) is 0 Å². The van der Waals surface area contributed by atoms with Crippen LogP contribution in [0, 0.1) is 5.92 Å². The molecule has 1 aliphatic heterocycles. The van der Waals surface area contributed by atoms with E-state index in [9.17, 15) is 29.1 Å². The summed E-state index contributed by atoms with van der Waals surface area (Å²) in [6.45, 7) is 3.90. The van der Waals surface area contributed by atoms with Crippen LogP contribution < -0.4 is 16.4 Å². The maximum Gasteiger partial charge on any atom is 0.326 e. The maximum absolute atomic E-state index is 13.1. The molecule has 176 valence electrons. The predicted octanol–water partition coefficient (Wildman–Crippen LogP) is -0.800. The van der Waals surface area contributed by atoms with Crippen LogP contribution in [0.25, 0.3) is 0 Å². The van der Waals surface area contributed by atoms with Gasteiger partial charge in [-0.2, -0.15) is 12.6 Å². The van der Waals surface area contributed by atoms with Crippen LogP contribution in [-0.2, 0) is 24.0 Å². The third-order valence-corrected chi connectivity index (χ3v) is 5.35. The second kappa shape index (κ2) is 12.5. The van der Waals surface area contributed by atoms with Crippen molar-refractivity contribution in [3.63, 3.8) is 0 Å². The number of rotatable bonds is 12. The minimum atomic E-state index is -1.17. The van der Waals surface area contributed by atoms with Crippen molar-refractivity contribution in [1.82, 2.24) is 15.5 Å². The molecular weight excluding hydrogens is 428 g/mol. The minimum absolute atomic E-state index is 0.0346. The second-order valence-corrected chi connectivity index (χ2v) is 8.37. The molecule has 1 heterocycles. The normalized spacial score (nSPS) is 18.9. The molecule has 0 bridgehead atoms. The number of hydrogen-bond acceptors (Lipinski definition) is 7. The number of carboxylic acids is 2. The molecule has 12 heteroatoms. The molecule has 4 unspecified atom stereocenters. The van der Waals surface area contributed by atoms with Gasteiger partial charge in [-0.25, -0.2) is 4.79 Å². The third kappa shape index (κ3) is 8.37. The van der Waals surface area contributed by atoms with E-state index in [1.54, 1.807) is 0 Å². The molecule has 1 fully saturated rings. The van der Waals surface area contributed by atoms with Gasteiger partial charge >= 0.3 is 11.9 Å². The molecule has 0 saturated carbocycles. The van der Waals surface area contributed by atoms with Crippen molar-refractivity contribution < 1.29 is 34.2 Å². The molecule has 0 aliphatic carbocycles. The summed E-state index contributed by atoms with van der Waals surface area (Å²) in [7, 11) is 0. The van der Waals surface area contributed by atoms with Gasteiger partial charge in [-0.15, -0.1) is 0 Å². The molecule has 1 aliphatic rings. The van der Waals surface area contributed by atoms with E-state index < -0.39 is 53.8 Å². The summed E-state index contributed by atoms with van der Waals surface area (Å²) in [4.78, 5) is 61.7. The smallest absolute Gasteiger partial charge is 0.326 e. The molecule has 0 aromatic rings. The van der Waals surface area contributed by atoms with Crippen LogP contribution in [0.3, 0.4) is 0 Å². The van der Waals surface area contributed by atoms with E-state index >= 15 is 0 Å². The summed E-state index contributed by atoms with van der Waals surface area (Å²) in [5.74, 6) is -4.07. The molecule has 0 aromatic carbocycles. The molecule has 6 N–H and O–H groups in total. The lowest BCUT2D eigenvalue weighted by molar-refractivity contribution is -0.145. The lowest BCUT2D eigenvalue weighted by Crippen LogP contribution is -2.57. The Hall–Kier alpha value is -2.34. The largest absolute Gasteiger partial charge is 0.481 e. The fourth-order valence-electron chi connectivity index (χ4n) is 3.35. The molecule has 0 aromatic heterocycles. The van der Waals surface area contributed by atoms with Crippen molar-refractivity contribution in [3.05, 3.63) is 0 Å². The number of nitrogens with two attached hydrogens (primary N) is 1. The van der Waals surface area contributed by atoms with Crippen LogP contribution >= 0.6 is 12.6 Å². The number of likely N-dealkylation sites (tertiary alicyclic amines) is 1. The first-order valence-corrected chi connectivity index (χ1v) is 10.8. The summed E-state index contributed by atoms with van der Waals surface area (Å²) in [6, 6.07) is -4.13. The van der Waals surface area contributed by atoms with E-state index in [4.69, 9.17) is 10.8 Å². The van der Waals surface area contributed by atoms with Crippen LogP contribution in [0.2, 0.25) is 0 Å². The van der Waals surface area contributed by atoms with Gasteiger partial charge in [-0.05, 0) is 31.6 Å². The summed E-state index contributed by atoms with van der Waals surface area (Å²) in [6.07, 6.45) is 0.547. The Balaban J connectivity index is 2.96. The van der Waals surface area contributed by atoms with Crippen LogP contribution in [0.1, 0.15) is 46.0 Å². The van der Waals surface area contributed by atoms with Crippen molar-refractivity contribution in [2.45, 2.75) is 70.1 Å².